The summed E-state index contributed by atoms with van der Waals surface area (Å²) >= 11 is 0. The maximum atomic E-state index is 12.2. The number of rotatable bonds is 2. The Morgan fingerprint density at radius 3 is 3.06 bits per heavy atom. The number of fused-ring (bicyclic) bond motifs is 1. The largest absolute Gasteiger partial charge is 0.384 e. The minimum atomic E-state index is 0.0869. The van der Waals surface area contributed by atoms with E-state index < -0.39 is 0 Å². The Balaban J connectivity index is 1.69. The SMILES string of the molecule is CC1CCC(NC(=O)c2ccc3c(c2)CCN3)C1. The Morgan fingerprint density at radius 1 is 1.39 bits per heavy atom. The molecular formula is C15H20N2O. The molecule has 3 rings (SSSR count). The van der Waals surface area contributed by atoms with Crippen molar-refractivity contribution in [2.24, 2.45) is 5.92 Å². The van der Waals surface area contributed by atoms with Gasteiger partial charge in [0.15, 0.2) is 0 Å². The number of amides is 1. The second-order valence-electron chi connectivity index (χ2n) is 5.64. The first-order valence-electron chi connectivity index (χ1n) is 6.90. The maximum absolute atomic E-state index is 12.2. The Labute approximate surface area is 108 Å². The second kappa shape index (κ2) is 4.63. The topological polar surface area (TPSA) is 41.1 Å². The Bertz CT molecular complexity index is 470. The molecule has 0 bridgehead atoms. The lowest BCUT2D eigenvalue weighted by atomic mass is 10.1. The van der Waals surface area contributed by atoms with Crippen LogP contribution in [-0.2, 0) is 6.42 Å². The summed E-state index contributed by atoms with van der Waals surface area (Å²) in [4.78, 5) is 12.2. The summed E-state index contributed by atoms with van der Waals surface area (Å²) in [6, 6.07) is 6.35. The van der Waals surface area contributed by atoms with Crippen LogP contribution >= 0.6 is 0 Å². The second-order valence-corrected chi connectivity index (χ2v) is 5.64. The van der Waals surface area contributed by atoms with Crippen LogP contribution in [0.15, 0.2) is 18.2 Å². The van der Waals surface area contributed by atoms with Crippen molar-refractivity contribution in [1.82, 2.24) is 5.32 Å². The van der Waals surface area contributed by atoms with Crippen LogP contribution in [0.2, 0.25) is 0 Å². The molecular weight excluding hydrogens is 224 g/mol. The minimum Gasteiger partial charge on any atom is -0.384 e. The van der Waals surface area contributed by atoms with Gasteiger partial charge in [-0.15, -0.1) is 0 Å². The summed E-state index contributed by atoms with van der Waals surface area (Å²) in [5.74, 6) is 0.836. The summed E-state index contributed by atoms with van der Waals surface area (Å²) < 4.78 is 0. The highest BCUT2D eigenvalue weighted by Crippen LogP contribution is 2.26. The van der Waals surface area contributed by atoms with Crippen LogP contribution in [0, 0.1) is 5.92 Å². The first-order chi connectivity index (χ1) is 8.72. The highest BCUT2D eigenvalue weighted by molar-refractivity contribution is 5.95. The average molecular weight is 244 g/mol. The highest BCUT2D eigenvalue weighted by Gasteiger charge is 2.23. The molecule has 0 radical (unpaired) electrons. The van der Waals surface area contributed by atoms with Crippen molar-refractivity contribution in [2.75, 3.05) is 11.9 Å². The van der Waals surface area contributed by atoms with Gasteiger partial charge in [0, 0.05) is 23.8 Å². The Morgan fingerprint density at radius 2 is 2.28 bits per heavy atom. The number of nitrogens with one attached hydrogen (secondary N) is 2. The molecule has 1 heterocycles. The van der Waals surface area contributed by atoms with Gasteiger partial charge in [0.2, 0.25) is 0 Å². The Kier molecular flexibility index (Phi) is 2.98. The van der Waals surface area contributed by atoms with Crippen molar-refractivity contribution >= 4 is 11.6 Å². The monoisotopic (exact) mass is 244 g/mol. The average Bonchev–Trinajstić information content (AvgIpc) is 2.96. The molecule has 1 amide bonds. The van der Waals surface area contributed by atoms with Crippen LogP contribution in [0.3, 0.4) is 0 Å². The van der Waals surface area contributed by atoms with Gasteiger partial charge >= 0.3 is 0 Å². The third-order valence-electron chi connectivity index (χ3n) is 4.11. The molecule has 1 saturated carbocycles. The summed E-state index contributed by atoms with van der Waals surface area (Å²) in [6.07, 6.45) is 4.51. The number of hydrogen-bond donors (Lipinski definition) is 2. The molecule has 0 aromatic heterocycles. The zero-order valence-corrected chi connectivity index (χ0v) is 10.8. The fourth-order valence-electron chi connectivity index (χ4n) is 3.05. The zero-order chi connectivity index (χ0) is 12.5. The normalized spacial score (nSPS) is 25.6. The van der Waals surface area contributed by atoms with E-state index in [4.69, 9.17) is 0 Å². The van der Waals surface area contributed by atoms with Gasteiger partial charge in [0.05, 0.1) is 0 Å². The van der Waals surface area contributed by atoms with Crippen molar-refractivity contribution in [3.63, 3.8) is 0 Å². The van der Waals surface area contributed by atoms with Gasteiger partial charge in [-0.2, -0.15) is 0 Å². The predicted octanol–water partition coefficient (Wildman–Crippen LogP) is 2.57. The molecule has 96 valence electrons. The van der Waals surface area contributed by atoms with E-state index in [0.717, 1.165) is 37.3 Å². The van der Waals surface area contributed by atoms with E-state index in [1.165, 1.54) is 17.7 Å². The molecule has 2 N–H and O–H groups in total. The number of anilines is 1. The van der Waals surface area contributed by atoms with Crippen LogP contribution < -0.4 is 10.6 Å². The third kappa shape index (κ3) is 2.22. The van der Waals surface area contributed by atoms with E-state index >= 15 is 0 Å². The van der Waals surface area contributed by atoms with E-state index in [1.54, 1.807) is 0 Å². The van der Waals surface area contributed by atoms with Crippen molar-refractivity contribution in [3.05, 3.63) is 29.3 Å². The molecule has 1 aromatic rings. The summed E-state index contributed by atoms with van der Waals surface area (Å²) in [5.41, 5.74) is 3.25. The van der Waals surface area contributed by atoms with Gasteiger partial charge < -0.3 is 10.6 Å². The number of carbonyl (C=O) groups is 1. The van der Waals surface area contributed by atoms with Crippen molar-refractivity contribution in [3.8, 4) is 0 Å². The molecule has 2 unspecified atom stereocenters. The van der Waals surface area contributed by atoms with Crippen molar-refractivity contribution in [1.29, 1.82) is 0 Å². The molecule has 1 aromatic carbocycles. The van der Waals surface area contributed by atoms with E-state index in [1.807, 2.05) is 18.2 Å². The van der Waals surface area contributed by atoms with Crippen LogP contribution in [0.1, 0.15) is 42.1 Å². The molecule has 2 aliphatic rings. The zero-order valence-electron chi connectivity index (χ0n) is 10.8. The molecule has 3 nitrogen and oxygen atoms in total. The lowest BCUT2D eigenvalue weighted by Gasteiger charge is -2.13. The fraction of sp³-hybridized carbons (Fsp3) is 0.533. The van der Waals surface area contributed by atoms with Crippen molar-refractivity contribution < 1.29 is 4.79 Å². The van der Waals surface area contributed by atoms with E-state index in [9.17, 15) is 4.79 Å². The number of benzene rings is 1. The van der Waals surface area contributed by atoms with Crippen LogP contribution in [-0.4, -0.2) is 18.5 Å². The van der Waals surface area contributed by atoms with Gasteiger partial charge in [-0.1, -0.05) is 6.92 Å². The molecule has 1 aliphatic heterocycles. The van der Waals surface area contributed by atoms with Gasteiger partial charge in [-0.05, 0) is 55.4 Å². The standard InChI is InChI=1S/C15H20N2O/c1-10-2-4-13(8-10)17-15(18)12-3-5-14-11(9-12)6-7-16-14/h3,5,9-10,13,16H,2,4,6-8H2,1H3,(H,17,18). The van der Waals surface area contributed by atoms with Gasteiger partial charge in [0.25, 0.3) is 5.91 Å². The maximum Gasteiger partial charge on any atom is 0.251 e. The highest BCUT2D eigenvalue weighted by atomic mass is 16.1. The predicted molar refractivity (Wildman–Crippen MR) is 72.9 cm³/mol. The Hall–Kier alpha value is -1.51. The molecule has 0 saturated heterocycles. The summed E-state index contributed by atoms with van der Waals surface area (Å²) in [5, 5.41) is 6.47. The van der Waals surface area contributed by atoms with E-state index in [2.05, 4.69) is 17.6 Å². The van der Waals surface area contributed by atoms with E-state index in [-0.39, 0.29) is 5.91 Å². The van der Waals surface area contributed by atoms with Gasteiger partial charge in [0.1, 0.15) is 0 Å². The van der Waals surface area contributed by atoms with Crippen molar-refractivity contribution in [2.45, 2.75) is 38.6 Å². The smallest absolute Gasteiger partial charge is 0.251 e. The molecule has 0 spiro atoms. The number of carbonyl (C=O) groups excluding carboxylic acids is 1. The number of hydrogen-bond acceptors (Lipinski definition) is 2. The van der Waals surface area contributed by atoms with E-state index in [0.29, 0.717) is 6.04 Å². The van der Waals surface area contributed by atoms with Crippen LogP contribution in [0.4, 0.5) is 5.69 Å². The molecule has 1 fully saturated rings. The molecule has 1 aliphatic carbocycles. The summed E-state index contributed by atoms with van der Waals surface area (Å²) in [6.45, 7) is 3.24. The fourth-order valence-corrected chi connectivity index (χ4v) is 3.05. The molecule has 3 heteroatoms. The third-order valence-corrected chi connectivity index (χ3v) is 4.11. The first kappa shape index (κ1) is 11.6. The minimum absolute atomic E-state index is 0.0869. The van der Waals surface area contributed by atoms with Gasteiger partial charge in [-0.3, -0.25) is 4.79 Å². The lowest BCUT2D eigenvalue weighted by Crippen LogP contribution is -2.32. The quantitative estimate of drug-likeness (QED) is 0.839. The molecule has 18 heavy (non-hydrogen) atoms. The van der Waals surface area contributed by atoms with Crippen LogP contribution in [0.5, 0.6) is 0 Å². The lowest BCUT2D eigenvalue weighted by molar-refractivity contribution is 0.0937. The molecule has 2 atom stereocenters. The summed E-state index contributed by atoms with van der Waals surface area (Å²) in [7, 11) is 0. The first-order valence-corrected chi connectivity index (χ1v) is 6.90. The van der Waals surface area contributed by atoms with Gasteiger partial charge in [-0.25, -0.2) is 0 Å². The van der Waals surface area contributed by atoms with Crippen LogP contribution in [0.25, 0.3) is 0 Å².